The third kappa shape index (κ3) is 2.90. The van der Waals surface area contributed by atoms with Gasteiger partial charge in [-0.3, -0.25) is 14.7 Å². The molecular weight excluding hydrogens is 306 g/mol. The lowest BCUT2D eigenvalue weighted by molar-refractivity contribution is 0.196. The van der Waals surface area contributed by atoms with Gasteiger partial charge in [-0.25, -0.2) is 9.89 Å². The Balaban J connectivity index is 1.55. The average molecular weight is 325 g/mol. The molecule has 0 radical (unpaired) electrons. The van der Waals surface area contributed by atoms with E-state index in [9.17, 15) is 9.59 Å². The highest BCUT2D eigenvalue weighted by Crippen LogP contribution is 2.24. The van der Waals surface area contributed by atoms with Crippen molar-refractivity contribution in [1.29, 1.82) is 0 Å². The van der Waals surface area contributed by atoms with Crippen LogP contribution in [0.2, 0.25) is 0 Å². The summed E-state index contributed by atoms with van der Waals surface area (Å²) in [7, 11) is 0. The third-order valence-electron chi connectivity index (χ3n) is 4.64. The van der Waals surface area contributed by atoms with Gasteiger partial charge in [0.1, 0.15) is 5.82 Å². The average Bonchev–Trinajstić information content (AvgIpc) is 3.02. The van der Waals surface area contributed by atoms with Gasteiger partial charge in [0.05, 0.1) is 0 Å². The summed E-state index contributed by atoms with van der Waals surface area (Å²) in [5.41, 5.74) is 1.32. The number of likely N-dealkylation sites (tertiary alicyclic amines) is 1. The zero-order valence-corrected chi connectivity index (χ0v) is 13.2. The first-order valence-electron chi connectivity index (χ1n) is 8.17. The van der Waals surface area contributed by atoms with Crippen LogP contribution in [0.5, 0.6) is 0 Å². The summed E-state index contributed by atoms with van der Waals surface area (Å²) in [5, 5.41) is 7.52. The highest BCUT2D eigenvalue weighted by atomic mass is 16.1. The van der Waals surface area contributed by atoms with Crippen LogP contribution in [0.4, 0.5) is 0 Å². The minimum Gasteiger partial charge on any atom is -0.322 e. The lowest BCUT2D eigenvalue weighted by Crippen LogP contribution is -2.36. The van der Waals surface area contributed by atoms with Crippen molar-refractivity contribution in [3.63, 3.8) is 0 Å². The molecule has 7 heteroatoms. The Labute approximate surface area is 137 Å². The Morgan fingerprint density at radius 1 is 1.21 bits per heavy atom. The number of rotatable bonds is 3. The molecule has 1 saturated heterocycles. The number of aromatic amines is 3. The Morgan fingerprint density at radius 2 is 2.08 bits per heavy atom. The van der Waals surface area contributed by atoms with Gasteiger partial charge < -0.3 is 4.98 Å². The number of nitrogens with zero attached hydrogens (tertiary/aromatic N) is 2. The summed E-state index contributed by atoms with van der Waals surface area (Å²) in [6, 6.07) is 9.76. The van der Waals surface area contributed by atoms with Gasteiger partial charge in [0.2, 0.25) is 0 Å². The summed E-state index contributed by atoms with van der Waals surface area (Å²) in [6.07, 6.45) is 2.01. The van der Waals surface area contributed by atoms with E-state index in [2.05, 4.69) is 25.1 Å². The number of hydrogen-bond acceptors (Lipinski definition) is 4. The predicted molar refractivity (Wildman–Crippen MR) is 91.0 cm³/mol. The van der Waals surface area contributed by atoms with Gasteiger partial charge in [-0.05, 0) is 36.9 Å². The molecule has 1 aliphatic heterocycles. The molecule has 7 nitrogen and oxygen atoms in total. The number of hydrogen-bond donors (Lipinski definition) is 3. The van der Waals surface area contributed by atoms with Crippen LogP contribution in [0.1, 0.15) is 30.1 Å². The van der Waals surface area contributed by atoms with E-state index in [-0.39, 0.29) is 17.2 Å². The fourth-order valence-corrected chi connectivity index (χ4v) is 3.45. The number of pyridine rings is 1. The second-order valence-corrected chi connectivity index (χ2v) is 6.35. The molecule has 0 bridgehead atoms. The van der Waals surface area contributed by atoms with E-state index in [1.54, 1.807) is 0 Å². The number of piperidine rings is 1. The van der Waals surface area contributed by atoms with Crippen LogP contribution in [0, 0.1) is 0 Å². The van der Waals surface area contributed by atoms with Crippen molar-refractivity contribution in [2.45, 2.75) is 25.3 Å². The van der Waals surface area contributed by atoms with Crippen molar-refractivity contribution in [3.05, 3.63) is 62.6 Å². The molecule has 0 spiro atoms. The lowest BCUT2D eigenvalue weighted by atomic mass is 9.97. The fourth-order valence-electron chi connectivity index (χ4n) is 3.45. The molecule has 124 valence electrons. The molecule has 1 fully saturated rings. The quantitative estimate of drug-likeness (QED) is 0.676. The second-order valence-electron chi connectivity index (χ2n) is 6.35. The third-order valence-corrected chi connectivity index (χ3v) is 4.64. The van der Waals surface area contributed by atoms with Gasteiger partial charge in [0, 0.05) is 30.1 Å². The number of H-pyrrole nitrogens is 3. The molecule has 0 amide bonds. The summed E-state index contributed by atoms with van der Waals surface area (Å²) in [6.45, 7) is 2.33. The highest BCUT2D eigenvalue weighted by molar-refractivity contribution is 5.78. The summed E-state index contributed by atoms with van der Waals surface area (Å²) < 4.78 is 0. The van der Waals surface area contributed by atoms with E-state index in [4.69, 9.17) is 0 Å². The predicted octanol–water partition coefficient (Wildman–Crippen LogP) is 1.32. The van der Waals surface area contributed by atoms with Gasteiger partial charge in [0.15, 0.2) is 0 Å². The van der Waals surface area contributed by atoms with E-state index in [1.807, 2.05) is 30.3 Å². The van der Waals surface area contributed by atoms with Crippen LogP contribution in [0.25, 0.3) is 10.9 Å². The Kier molecular flexibility index (Phi) is 3.78. The molecule has 1 aliphatic rings. The van der Waals surface area contributed by atoms with Crippen molar-refractivity contribution < 1.29 is 0 Å². The number of benzene rings is 1. The van der Waals surface area contributed by atoms with Crippen molar-refractivity contribution in [3.8, 4) is 0 Å². The molecule has 0 saturated carbocycles. The maximum atomic E-state index is 12.3. The lowest BCUT2D eigenvalue weighted by Gasteiger charge is -2.31. The Morgan fingerprint density at radius 3 is 2.92 bits per heavy atom. The zero-order valence-electron chi connectivity index (χ0n) is 13.2. The second kappa shape index (κ2) is 6.09. The minimum absolute atomic E-state index is 0.0380. The molecule has 3 aromatic rings. The van der Waals surface area contributed by atoms with Crippen LogP contribution in [-0.2, 0) is 6.54 Å². The van der Waals surface area contributed by atoms with Gasteiger partial charge in [0.25, 0.3) is 5.56 Å². The van der Waals surface area contributed by atoms with Crippen LogP contribution in [-0.4, -0.2) is 38.2 Å². The number of nitrogens with one attached hydrogen (secondary N) is 3. The van der Waals surface area contributed by atoms with Crippen molar-refractivity contribution in [2.75, 3.05) is 13.1 Å². The van der Waals surface area contributed by atoms with Gasteiger partial charge >= 0.3 is 5.69 Å². The molecule has 24 heavy (non-hydrogen) atoms. The summed E-state index contributed by atoms with van der Waals surface area (Å²) >= 11 is 0. The molecule has 3 N–H and O–H groups in total. The molecule has 1 aromatic carbocycles. The minimum atomic E-state index is -0.270. The maximum Gasteiger partial charge on any atom is 0.340 e. The standard InChI is InChI=1S/C17H19N5O2/c23-16-13(8-11-4-1-2-6-14(11)18-16)10-22-7-3-5-12(9-22)15-19-17(24)21-20-15/h1-2,4,6,8,12H,3,5,7,9-10H2,(H,18,23)(H2,19,20,21,24). The van der Waals surface area contributed by atoms with E-state index in [0.29, 0.717) is 12.4 Å². The van der Waals surface area contributed by atoms with Crippen molar-refractivity contribution in [1.82, 2.24) is 25.1 Å². The highest BCUT2D eigenvalue weighted by Gasteiger charge is 2.24. The van der Waals surface area contributed by atoms with E-state index in [0.717, 1.165) is 42.4 Å². The first kappa shape index (κ1) is 14.9. The van der Waals surface area contributed by atoms with Crippen molar-refractivity contribution >= 4 is 10.9 Å². The number of para-hydroxylation sites is 1. The molecule has 1 atom stereocenters. The van der Waals surface area contributed by atoms with Crippen LogP contribution < -0.4 is 11.2 Å². The van der Waals surface area contributed by atoms with E-state index in [1.165, 1.54) is 0 Å². The topological polar surface area (TPSA) is 97.6 Å². The first-order chi connectivity index (χ1) is 11.7. The first-order valence-corrected chi connectivity index (χ1v) is 8.17. The Hall–Kier alpha value is -2.67. The van der Waals surface area contributed by atoms with E-state index >= 15 is 0 Å². The van der Waals surface area contributed by atoms with E-state index < -0.39 is 0 Å². The normalized spacial score (nSPS) is 18.9. The number of fused-ring (bicyclic) bond motifs is 1. The zero-order chi connectivity index (χ0) is 16.5. The molecule has 4 rings (SSSR count). The van der Waals surface area contributed by atoms with Gasteiger partial charge in [-0.2, -0.15) is 5.10 Å². The van der Waals surface area contributed by atoms with Crippen LogP contribution in [0.15, 0.2) is 39.9 Å². The van der Waals surface area contributed by atoms with Crippen molar-refractivity contribution in [2.24, 2.45) is 0 Å². The summed E-state index contributed by atoms with van der Waals surface area (Å²) in [5.74, 6) is 0.898. The maximum absolute atomic E-state index is 12.3. The number of aromatic nitrogens is 4. The molecule has 2 aromatic heterocycles. The monoisotopic (exact) mass is 325 g/mol. The molecule has 1 unspecified atom stereocenters. The smallest absolute Gasteiger partial charge is 0.322 e. The molecule has 0 aliphatic carbocycles. The molecular formula is C17H19N5O2. The van der Waals surface area contributed by atoms with Gasteiger partial charge in [-0.15, -0.1) is 0 Å². The van der Waals surface area contributed by atoms with Crippen LogP contribution in [0.3, 0.4) is 0 Å². The van der Waals surface area contributed by atoms with Crippen LogP contribution >= 0.6 is 0 Å². The van der Waals surface area contributed by atoms with Gasteiger partial charge in [-0.1, -0.05) is 18.2 Å². The molecule has 3 heterocycles. The fraction of sp³-hybridized carbons (Fsp3) is 0.353. The largest absolute Gasteiger partial charge is 0.340 e. The SMILES string of the molecule is O=c1[nH]nc(C2CCCN(Cc3cc4ccccc4[nH]c3=O)C2)[nH]1. The Bertz CT molecular complexity index is 971. The summed E-state index contributed by atoms with van der Waals surface area (Å²) in [4.78, 5) is 31.5.